The van der Waals surface area contributed by atoms with Crippen molar-refractivity contribution in [3.8, 4) is 5.75 Å². The number of carbonyl (C=O) groups is 1. The van der Waals surface area contributed by atoms with Crippen LogP contribution in [-0.2, 0) is 6.42 Å². The number of likely N-dealkylation sites (N-methyl/N-ethyl adjacent to an activating group) is 1. The summed E-state index contributed by atoms with van der Waals surface area (Å²) in [5, 5.41) is 5.95. The van der Waals surface area contributed by atoms with Crippen LogP contribution in [0.1, 0.15) is 5.56 Å². The molecule has 1 aromatic rings. The Morgan fingerprint density at radius 3 is 2.87 bits per heavy atom. The highest BCUT2D eigenvalue weighted by atomic mass is 16.5. The number of fused-ring (bicyclic) bond motifs is 1. The van der Waals surface area contributed by atoms with E-state index in [1.54, 1.807) is 0 Å². The first kappa shape index (κ1) is 16.1. The van der Waals surface area contributed by atoms with Gasteiger partial charge in [-0.15, -0.1) is 0 Å². The van der Waals surface area contributed by atoms with Crippen LogP contribution in [0.4, 0.5) is 4.79 Å². The number of para-hydroxylation sites is 1. The first-order valence-electron chi connectivity index (χ1n) is 8.36. The van der Waals surface area contributed by atoms with Gasteiger partial charge in [-0.25, -0.2) is 4.79 Å². The molecular formula is C17H26N4O2. The number of hydrogen-bond acceptors (Lipinski definition) is 4. The fraction of sp³-hybridized carbons (Fsp3) is 0.588. The Labute approximate surface area is 137 Å². The molecule has 2 amide bonds. The highest BCUT2D eigenvalue weighted by molar-refractivity contribution is 5.74. The van der Waals surface area contributed by atoms with Crippen molar-refractivity contribution in [3.05, 3.63) is 29.8 Å². The van der Waals surface area contributed by atoms with Crippen molar-refractivity contribution in [1.82, 2.24) is 20.4 Å². The van der Waals surface area contributed by atoms with E-state index in [0.717, 1.165) is 50.5 Å². The molecule has 23 heavy (non-hydrogen) atoms. The fourth-order valence-corrected chi connectivity index (χ4v) is 3.06. The van der Waals surface area contributed by atoms with Gasteiger partial charge in [0.2, 0.25) is 0 Å². The van der Waals surface area contributed by atoms with Gasteiger partial charge in [-0.3, -0.25) is 4.90 Å². The third-order valence-corrected chi connectivity index (χ3v) is 4.52. The van der Waals surface area contributed by atoms with Gasteiger partial charge in [0.25, 0.3) is 0 Å². The number of benzene rings is 1. The lowest BCUT2D eigenvalue weighted by Crippen LogP contribution is -2.50. The highest BCUT2D eigenvalue weighted by Crippen LogP contribution is 2.23. The molecule has 0 unspecified atom stereocenters. The molecule has 1 fully saturated rings. The second kappa shape index (κ2) is 7.66. The van der Waals surface area contributed by atoms with Crippen molar-refractivity contribution in [2.24, 2.45) is 0 Å². The normalized spacial score (nSPS) is 22.0. The standard InChI is InChI=1S/C17H26N4O2/c1-20-8-10-21(11-9-20)7-6-18-17(22)19-15-12-14-4-2-3-5-16(14)23-13-15/h2-5,15H,6-13H2,1H3,(H2,18,19,22)/t15-/m0/s1. The molecule has 1 atom stereocenters. The van der Waals surface area contributed by atoms with Crippen molar-refractivity contribution in [1.29, 1.82) is 0 Å². The average Bonchev–Trinajstić information content (AvgIpc) is 2.56. The Kier molecular flexibility index (Phi) is 5.35. The molecule has 126 valence electrons. The average molecular weight is 318 g/mol. The van der Waals surface area contributed by atoms with E-state index in [1.165, 1.54) is 0 Å². The SMILES string of the molecule is CN1CCN(CCNC(=O)N[C@@H]2COc3ccccc3C2)CC1. The van der Waals surface area contributed by atoms with E-state index in [-0.39, 0.29) is 12.1 Å². The molecule has 2 heterocycles. The van der Waals surface area contributed by atoms with E-state index in [0.29, 0.717) is 13.2 Å². The molecule has 2 N–H and O–H groups in total. The molecule has 2 aliphatic heterocycles. The zero-order chi connectivity index (χ0) is 16.1. The van der Waals surface area contributed by atoms with Gasteiger partial charge in [0, 0.05) is 39.3 Å². The van der Waals surface area contributed by atoms with Gasteiger partial charge in [-0.2, -0.15) is 0 Å². The van der Waals surface area contributed by atoms with Gasteiger partial charge in [0.15, 0.2) is 0 Å². The number of nitrogens with one attached hydrogen (secondary N) is 2. The summed E-state index contributed by atoms with van der Waals surface area (Å²) in [4.78, 5) is 16.7. The van der Waals surface area contributed by atoms with Crippen molar-refractivity contribution >= 4 is 6.03 Å². The van der Waals surface area contributed by atoms with Gasteiger partial charge in [0.1, 0.15) is 12.4 Å². The van der Waals surface area contributed by atoms with Crippen molar-refractivity contribution in [3.63, 3.8) is 0 Å². The molecule has 0 spiro atoms. The zero-order valence-corrected chi connectivity index (χ0v) is 13.8. The molecule has 6 heteroatoms. The molecule has 0 aromatic heterocycles. The summed E-state index contributed by atoms with van der Waals surface area (Å²) in [6.45, 7) is 6.48. The molecule has 0 aliphatic carbocycles. The first-order valence-corrected chi connectivity index (χ1v) is 8.36. The second-order valence-electron chi connectivity index (χ2n) is 6.36. The summed E-state index contributed by atoms with van der Waals surface area (Å²) >= 11 is 0. The molecule has 6 nitrogen and oxygen atoms in total. The second-order valence-corrected chi connectivity index (χ2v) is 6.36. The largest absolute Gasteiger partial charge is 0.491 e. The molecule has 0 radical (unpaired) electrons. The number of hydrogen-bond donors (Lipinski definition) is 2. The predicted molar refractivity (Wildman–Crippen MR) is 89.9 cm³/mol. The Morgan fingerprint density at radius 2 is 2.04 bits per heavy atom. The van der Waals surface area contributed by atoms with Gasteiger partial charge in [-0.05, 0) is 25.1 Å². The van der Waals surface area contributed by atoms with Gasteiger partial charge < -0.3 is 20.3 Å². The fourth-order valence-electron chi connectivity index (χ4n) is 3.06. The highest BCUT2D eigenvalue weighted by Gasteiger charge is 2.21. The minimum Gasteiger partial charge on any atom is -0.491 e. The minimum absolute atomic E-state index is 0.0357. The van der Waals surface area contributed by atoms with Crippen LogP contribution in [0.25, 0.3) is 0 Å². The number of urea groups is 1. The molecule has 1 saturated heterocycles. The summed E-state index contributed by atoms with van der Waals surface area (Å²) in [5.74, 6) is 0.932. The summed E-state index contributed by atoms with van der Waals surface area (Å²) in [6.07, 6.45) is 0.821. The summed E-state index contributed by atoms with van der Waals surface area (Å²) in [5.41, 5.74) is 1.15. The molecule has 2 aliphatic rings. The smallest absolute Gasteiger partial charge is 0.315 e. The number of piperazine rings is 1. The number of rotatable bonds is 4. The van der Waals surface area contributed by atoms with Crippen LogP contribution in [0.5, 0.6) is 5.75 Å². The van der Waals surface area contributed by atoms with E-state index in [4.69, 9.17) is 4.74 Å². The third-order valence-electron chi connectivity index (χ3n) is 4.52. The quantitative estimate of drug-likeness (QED) is 0.851. The van der Waals surface area contributed by atoms with Crippen molar-refractivity contribution in [2.75, 3.05) is 52.9 Å². The number of amides is 2. The lowest BCUT2D eigenvalue weighted by atomic mass is 10.0. The third kappa shape index (κ3) is 4.59. The van der Waals surface area contributed by atoms with Gasteiger partial charge >= 0.3 is 6.03 Å². The number of carbonyl (C=O) groups excluding carboxylic acids is 1. The van der Waals surface area contributed by atoms with Gasteiger partial charge in [0.05, 0.1) is 6.04 Å². The first-order chi connectivity index (χ1) is 11.2. The summed E-state index contributed by atoms with van der Waals surface area (Å²) in [6, 6.07) is 7.93. The Balaban J connectivity index is 1.35. The minimum atomic E-state index is -0.105. The molecular weight excluding hydrogens is 292 g/mol. The van der Waals surface area contributed by atoms with Crippen LogP contribution in [0.2, 0.25) is 0 Å². The molecule has 3 rings (SSSR count). The topological polar surface area (TPSA) is 56.8 Å². The van der Waals surface area contributed by atoms with E-state index in [1.807, 2.05) is 18.2 Å². The molecule has 0 bridgehead atoms. The van der Waals surface area contributed by atoms with Crippen LogP contribution >= 0.6 is 0 Å². The molecule has 1 aromatic carbocycles. The van der Waals surface area contributed by atoms with Crippen LogP contribution in [-0.4, -0.2) is 74.8 Å². The monoisotopic (exact) mass is 318 g/mol. The summed E-state index contributed by atoms with van der Waals surface area (Å²) in [7, 11) is 2.15. The van der Waals surface area contributed by atoms with Crippen molar-refractivity contribution in [2.45, 2.75) is 12.5 Å². The number of ether oxygens (including phenoxy) is 1. The van der Waals surface area contributed by atoms with Crippen LogP contribution in [0, 0.1) is 0 Å². The van der Waals surface area contributed by atoms with Gasteiger partial charge in [-0.1, -0.05) is 18.2 Å². The van der Waals surface area contributed by atoms with E-state index in [9.17, 15) is 4.79 Å². The maximum atomic E-state index is 12.0. The molecule has 0 saturated carbocycles. The van der Waals surface area contributed by atoms with Crippen LogP contribution < -0.4 is 15.4 Å². The van der Waals surface area contributed by atoms with E-state index >= 15 is 0 Å². The maximum absolute atomic E-state index is 12.0. The Morgan fingerprint density at radius 1 is 1.26 bits per heavy atom. The zero-order valence-electron chi connectivity index (χ0n) is 13.8. The van der Waals surface area contributed by atoms with Crippen LogP contribution in [0.3, 0.4) is 0 Å². The van der Waals surface area contributed by atoms with Crippen molar-refractivity contribution < 1.29 is 9.53 Å². The van der Waals surface area contributed by atoms with Crippen LogP contribution in [0.15, 0.2) is 24.3 Å². The lowest BCUT2D eigenvalue weighted by Gasteiger charge is -2.32. The predicted octanol–water partition coefficient (Wildman–Crippen LogP) is 0.537. The Hall–Kier alpha value is -1.79. The number of nitrogens with zero attached hydrogens (tertiary/aromatic N) is 2. The lowest BCUT2D eigenvalue weighted by molar-refractivity contribution is 0.154. The summed E-state index contributed by atoms with van der Waals surface area (Å²) < 4.78 is 5.69. The maximum Gasteiger partial charge on any atom is 0.315 e. The van der Waals surface area contributed by atoms with E-state index < -0.39 is 0 Å². The Bertz CT molecular complexity index is 529. The van der Waals surface area contributed by atoms with E-state index in [2.05, 4.69) is 33.5 Å².